The van der Waals surface area contributed by atoms with Crippen molar-refractivity contribution in [2.75, 3.05) is 7.11 Å². The molecule has 0 saturated heterocycles. The highest BCUT2D eigenvalue weighted by Crippen LogP contribution is 2.30. The Morgan fingerprint density at radius 1 is 1.19 bits per heavy atom. The Morgan fingerprint density at radius 2 is 1.85 bits per heavy atom. The number of aromatic nitrogens is 4. The van der Waals surface area contributed by atoms with Gasteiger partial charge in [0, 0.05) is 6.92 Å². The number of hydrogen-bond acceptors (Lipinski definition) is 5. The Bertz CT molecular complexity index is 978. The van der Waals surface area contributed by atoms with Crippen LogP contribution in [0.5, 0.6) is 5.88 Å². The third kappa shape index (κ3) is 3.24. The lowest BCUT2D eigenvalue weighted by Gasteiger charge is -2.08. The second-order valence-corrected chi connectivity index (χ2v) is 5.74. The molecule has 0 aliphatic rings. The highest BCUT2D eigenvalue weighted by Gasteiger charge is 2.30. The molecule has 26 heavy (non-hydrogen) atoms. The number of aryl methyl sites for hydroxylation is 1. The van der Waals surface area contributed by atoms with E-state index in [0.29, 0.717) is 22.4 Å². The van der Waals surface area contributed by atoms with Crippen LogP contribution in [0.25, 0.3) is 11.0 Å². The average Bonchev–Trinajstić information content (AvgIpc) is 2.92. The number of carbonyl (C=O) groups excluding carboxylic acids is 1. The normalized spacial score (nSPS) is 11.8. The molecule has 6 nitrogen and oxygen atoms in total. The van der Waals surface area contributed by atoms with E-state index >= 15 is 0 Å². The van der Waals surface area contributed by atoms with Crippen LogP contribution in [0, 0.1) is 6.92 Å². The Hall–Kier alpha value is -2.97. The zero-order valence-corrected chi connectivity index (χ0v) is 14.3. The molecule has 0 unspecified atom stereocenters. The molecule has 0 saturated carbocycles. The van der Waals surface area contributed by atoms with Crippen molar-refractivity contribution in [3.05, 3.63) is 46.9 Å². The summed E-state index contributed by atoms with van der Waals surface area (Å²) in [4.78, 5) is 20.4. The minimum atomic E-state index is -4.39. The number of ether oxygens (including phenoxy) is 1. The van der Waals surface area contributed by atoms with Gasteiger partial charge in [-0.1, -0.05) is 12.1 Å². The zero-order chi connectivity index (χ0) is 19.1. The fourth-order valence-corrected chi connectivity index (χ4v) is 2.62. The van der Waals surface area contributed by atoms with E-state index in [9.17, 15) is 18.0 Å². The summed E-state index contributed by atoms with van der Waals surface area (Å²) < 4.78 is 44.8. The summed E-state index contributed by atoms with van der Waals surface area (Å²) in [5.74, 6) is 0.376. The van der Waals surface area contributed by atoms with E-state index < -0.39 is 11.7 Å². The first kappa shape index (κ1) is 17.8. The van der Waals surface area contributed by atoms with Crippen LogP contribution in [0.15, 0.2) is 24.3 Å². The summed E-state index contributed by atoms with van der Waals surface area (Å²) in [6.45, 7) is 3.19. The fraction of sp³-hybridized carbons (Fsp3) is 0.294. The molecular weight excluding hydrogens is 349 g/mol. The summed E-state index contributed by atoms with van der Waals surface area (Å²) in [5.41, 5.74) is 0.409. The molecule has 3 rings (SSSR count). The molecule has 2 aromatic heterocycles. The summed E-state index contributed by atoms with van der Waals surface area (Å²) in [5, 5.41) is 4.65. The van der Waals surface area contributed by atoms with Gasteiger partial charge in [0.05, 0.1) is 19.2 Å². The highest BCUT2D eigenvalue weighted by atomic mass is 19.4. The first-order valence-corrected chi connectivity index (χ1v) is 7.67. The molecule has 0 aliphatic carbocycles. The number of Topliss-reactive ketones (excluding diaryl/α,β-unsaturated/α-hetero) is 1. The number of methoxy groups -OCH3 is 1. The van der Waals surface area contributed by atoms with E-state index in [2.05, 4.69) is 15.1 Å². The zero-order valence-electron chi connectivity index (χ0n) is 14.3. The molecule has 0 bridgehead atoms. The third-order valence-electron chi connectivity index (χ3n) is 3.81. The summed E-state index contributed by atoms with van der Waals surface area (Å²) in [6.07, 6.45) is -4.39. The van der Waals surface area contributed by atoms with E-state index in [1.54, 1.807) is 6.92 Å². The minimum Gasteiger partial charge on any atom is -0.480 e. The number of fused-ring (bicyclic) bond motifs is 1. The summed E-state index contributed by atoms with van der Waals surface area (Å²) in [6, 6.07) is 4.76. The second-order valence-electron chi connectivity index (χ2n) is 5.74. The van der Waals surface area contributed by atoms with Gasteiger partial charge in [-0.05, 0) is 24.6 Å². The summed E-state index contributed by atoms with van der Waals surface area (Å²) in [7, 11) is 1.43. The topological polar surface area (TPSA) is 69.9 Å². The van der Waals surface area contributed by atoms with Gasteiger partial charge in [-0.25, -0.2) is 9.67 Å². The lowest BCUT2D eigenvalue weighted by Crippen LogP contribution is -2.07. The van der Waals surface area contributed by atoms with Crippen LogP contribution in [0.4, 0.5) is 13.2 Å². The molecule has 0 atom stereocenters. The maximum Gasteiger partial charge on any atom is 0.416 e. The molecule has 136 valence electrons. The van der Waals surface area contributed by atoms with Gasteiger partial charge in [-0.3, -0.25) is 4.79 Å². The van der Waals surface area contributed by atoms with Crippen LogP contribution in [-0.4, -0.2) is 32.6 Å². The molecule has 0 fully saturated rings. The maximum atomic E-state index is 12.7. The van der Waals surface area contributed by atoms with Crippen molar-refractivity contribution < 1.29 is 22.7 Å². The Morgan fingerprint density at radius 3 is 2.38 bits per heavy atom. The van der Waals surface area contributed by atoms with Gasteiger partial charge in [-0.15, -0.1) is 0 Å². The van der Waals surface area contributed by atoms with Gasteiger partial charge in [0.15, 0.2) is 11.4 Å². The van der Waals surface area contributed by atoms with Crippen molar-refractivity contribution >= 4 is 16.8 Å². The molecular formula is C17H15F3N4O2. The number of ketones is 1. The number of carbonyl (C=O) groups is 1. The second kappa shape index (κ2) is 6.40. The smallest absolute Gasteiger partial charge is 0.416 e. The predicted molar refractivity (Wildman–Crippen MR) is 87.2 cm³/mol. The van der Waals surface area contributed by atoms with E-state index in [-0.39, 0.29) is 23.9 Å². The monoisotopic (exact) mass is 364 g/mol. The van der Waals surface area contributed by atoms with Gasteiger partial charge in [0.25, 0.3) is 0 Å². The number of halogens is 3. The fourth-order valence-electron chi connectivity index (χ4n) is 2.62. The summed E-state index contributed by atoms with van der Waals surface area (Å²) >= 11 is 0. The standard InChI is InChI=1S/C17H15F3N4O2/c1-9(25)14-13-15(21-10(2)22-16(13)26-3)24(23-14)8-11-4-6-12(7-5-11)17(18,19)20/h4-7H,8H2,1-3H3. The van der Waals surface area contributed by atoms with Crippen molar-refractivity contribution in [2.45, 2.75) is 26.6 Å². The third-order valence-corrected chi connectivity index (χ3v) is 3.81. The highest BCUT2D eigenvalue weighted by molar-refractivity contribution is 6.05. The molecule has 0 N–H and O–H groups in total. The molecule has 0 aliphatic heterocycles. The van der Waals surface area contributed by atoms with Crippen LogP contribution in [0.1, 0.15) is 34.4 Å². The van der Waals surface area contributed by atoms with Crippen molar-refractivity contribution in [3.63, 3.8) is 0 Å². The molecule has 0 spiro atoms. The number of benzene rings is 1. The molecule has 2 heterocycles. The lowest BCUT2D eigenvalue weighted by molar-refractivity contribution is -0.137. The van der Waals surface area contributed by atoms with E-state index in [1.807, 2.05) is 0 Å². The van der Waals surface area contributed by atoms with Crippen LogP contribution in [-0.2, 0) is 12.7 Å². The first-order valence-electron chi connectivity index (χ1n) is 7.67. The molecule has 9 heteroatoms. The Kier molecular flexibility index (Phi) is 4.39. The van der Waals surface area contributed by atoms with Crippen molar-refractivity contribution in [1.29, 1.82) is 0 Å². The molecule has 1 aromatic carbocycles. The van der Waals surface area contributed by atoms with Crippen molar-refractivity contribution in [2.24, 2.45) is 0 Å². The van der Waals surface area contributed by atoms with Crippen LogP contribution < -0.4 is 4.74 Å². The average molecular weight is 364 g/mol. The quantitative estimate of drug-likeness (QED) is 0.664. The number of nitrogens with zero attached hydrogens (tertiary/aromatic N) is 4. The largest absolute Gasteiger partial charge is 0.480 e. The van der Waals surface area contributed by atoms with E-state index in [4.69, 9.17) is 4.74 Å². The lowest BCUT2D eigenvalue weighted by atomic mass is 10.1. The molecule has 0 radical (unpaired) electrons. The van der Waals surface area contributed by atoms with E-state index in [0.717, 1.165) is 12.1 Å². The minimum absolute atomic E-state index is 0.154. The van der Waals surface area contributed by atoms with Crippen molar-refractivity contribution in [3.8, 4) is 5.88 Å². The van der Waals surface area contributed by atoms with Gasteiger partial charge in [0.2, 0.25) is 5.88 Å². The number of hydrogen-bond donors (Lipinski definition) is 0. The van der Waals surface area contributed by atoms with Crippen LogP contribution in [0.2, 0.25) is 0 Å². The van der Waals surface area contributed by atoms with Gasteiger partial charge in [0.1, 0.15) is 16.9 Å². The number of alkyl halides is 3. The maximum absolute atomic E-state index is 12.7. The SMILES string of the molecule is COc1nc(C)nc2c1c(C(C)=O)nn2Cc1ccc(C(F)(F)F)cc1. The van der Waals surface area contributed by atoms with Crippen LogP contribution >= 0.6 is 0 Å². The van der Waals surface area contributed by atoms with Crippen molar-refractivity contribution in [1.82, 2.24) is 19.7 Å². The predicted octanol–water partition coefficient (Wildman–Crippen LogP) is 3.41. The molecule has 0 amide bonds. The van der Waals surface area contributed by atoms with Crippen LogP contribution in [0.3, 0.4) is 0 Å². The Balaban J connectivity index is 2.08. The first-order chi connectivity index (χ1) is 12.2. The van der Waals surface area contributed by atoms with Gasteiger partial charge >= 0.3 is 6.18 Å². The van der Waals surface area contributed by atoms with Gasteiger partial charge in [-0.2, -0.15) is 23.3 Å². The van der Waals surface area contributed by atoms with Gasteiger partial charge < -0.3 is 4.74 Å². The molecule has 3 aromatic rings. The van der Waals surface area contributed by atoms with E-state index in [1.165, 1.54) is 30.8 Å². The Labute approximate surface area is 146 Å². The number of rotatable bonds is 4.